The molecule has 4 unspecified atom stereocenters. The van der Waals surface area contributed by atoms with E-state index in [0.717, 1.165) is 31.1 Å². The van der Waals surface area contributed by atoms with Crippen molar-refractivity contribution >= 4 is 27.7 Å². The standard InChI is InChI=1S/C18H24ClNO5S/c1-24-18(21)17-15(12-3-5-13(19)6-4-12)11-14-7-8-16(17)20(14)9-10-25-26(2,22)23/h3-6,14-17H,7-11H2,1-2H3. The maximum Gasteiger partial charge on any atom is 0.310 e. The molecule has 144 valence electrons. The van der Waals surface area contributed by atoms with Gasteiger partial charge >= 0.3 is 5.97 Å². The van der Waals surface area contributed by atoms with E-state index in [9.17, 15) is 13.2 Å². The van der Waals surface area contributed by atoms with Gasteiger partial charge in [-0.1, -0.05) is 23.7 Å². The van der Waals surface area contributed by atoms with Crippen molar-refractivity contribution in [2.24, 2.45) is 5.92 Å². The summed E-state index contributed by atoms with van der Waals surface area (Å²) in [5.41, 5.74) is 1.09. The lowest BCUT2D eigenvalue weighted by Crippen LogP contribution is -2.51. The third-order valence-electron chi connectivity index (χ3n) is 5.48. The van der Waals surface area contributed by atoms with Crippen molar-refractivity contribution in [3.63, 3.8) is 0 Å². The summed E-state index contributed by atoms with van der Waals surface area (Å²) in [4.78, 5) is 14.8. The Hall–Kier alpha value is -1.15. The fourth-order valence-corrected chi connectivity index (χ4v) is 4.97. The number of esters is 1. The van der Waals surface area contributed by atoms with Crippen LogP contribution in [-0.2, 0) is 23.8 Å². The van der Waals surface area contributed by atoms with Crippen molar-refractivity contribution in [3.05, 3.63) is 34.9 Å². The lowest BCUT2D eigenvalue weighted by molar-refractivity contribution is -0.150. The summed E-state index contributed by atoms with van der Waals surface area (Å²) in [7, 11) is -2.05. The molecule has 0 radical (unpaired) electrons. The van der Waals surface area contributed by atoms with Gasteiger partial charge in [-0.2, -0.15) is 8.42 Å². The van der Waals surface area contributed by atoms with Crippen LogP contribution < -0.4 is 0 Å². The number of fused-ring (bicyclic) bond motifs is 2. The number of rotatable bonds is 6. The summed E-state index contributed by atoms with van der Waals surface area (Å²) < 4.78 is 32.4. The molecule has 0 amide bonds. The first-order chi connectivity index (χ1) is 12.3. The molecule has 1 aromatic rings. The van der Waals surface area contributed by atoms with Crippen LogP contribution in [0.3, 0.4) is 0 Å². The minimum absolute atomic E-state index is 0.0324. The van der Waals surface area contributed by atoms with Crippen molar-refractivity contribution in [2.45, 2.75) is 37.3 Å². The van der Waals surface area contributed by atoms with Crippen molar-refractivity contribution < 1.29 is 22.1 Å². The topological polar surface area (TPSA) is 72.9 Å². The van der Waals surface area contributed by atoms with Gasteiger partial charge in [-0.05, 0) is 37.0 Å². The fraction of sp³-hybridized carbons (Fsp3) is 0.611. The molecule has 2 heterocycles. The summed E-state index contributed by atoms with van der Waals surface area (Å²) in [5.74, 6) is -0.424. The van der Waals surface area contributed by atoms with Crippen LogP contribution in [0.15, 0.2) is 24.3 Å². The van der Waals surface area contributed by atoms with E-state index in [1.807, 2.05) is 24.3 Å². The molecular formula is C18H24ClNO5S. The Bertz CT molecular complexity index is 751. The van der Waals surface area contributed by atoms with Gasteiger partial charge in [-0.15, -0.1) is 0 Å². The van der Waals surface area contributed by atoms with Gasteiger partial charge in [0.2, 0.25) is 0 Å². The van der Waals surface area contributed by atoms with Crippen molar-refractivity contribution in [1.29, 1.82) is 0 Å². The minimum Gasteiger partial charge on any atom is -0.469 e. The van der Waals surface area contributed by atoms with E-state index in [1.54, 1.807) is 0 Å². The second kappa shape index (κ2) is 7.84. The molecule has 0 N–H and O–H groups in total. The minimum atomic E-state index is -3.46. The third-order valence-corrected chi connectivity index (χ3v) is 6.33. The van der Waals surface area contributed by atoms with Gasteiger partial charge in [0.05, 0.1) is 25.9 Å². The molecular weight excluding hydrogens is 378 g/mol. The molecule has 0 aromatic heterocycles. The highest BCUT2D eigenvalue weighted by atomic mass is 35.5. The van der Waals surface area contributed by atoms with Gasteiger partial charge in [0.25, 0.3) is 10.1 Å². The van der Waals surface area contributed by atoms with E-state index in [-0.39, 0.29) is 30.5 Å². The summed E-state index contributed by atoms with van der Waals surface area (Å²) in [6.07, 6.45) is 3.76. The number of halogens is 1. The molecule has 0 saturated carbocycles. The highest BCUT2D eigenvalue weighted by Crippen LogP contribution is 2.47. The normalized spacial score (nSPS) is 28.9. The largest absolute Gasteiger partial charge is 0.469 e. The predicted molar refractivity (Wildman–Crippen MR) is 98.6 cm³/mol. The summed E-state index contributed by atoms with van der Waals surface area (Å²) in [6, 6.07) is 7.99. The molecule has 2 bridgehead atoms. The van der Waals surface area contributed by atoms with Crippen molar-refractivity contribution in [1.82, 2.24) is 4.90 Å². The number of ether oxygens (including phenoxy) is 1. The zero-order chi connectivity index (χ0) is 18.9. The second-order valence-electron chi connectivity index (χ2n) is 7.01. The number of nitrogens with zero attached hydrogens (tertiary/aromatic N) is 1. The number of piperidine rings is 1. The summed E-state index contributed by atoms with van der Waals surface area (Å²) in [5, 5.41) is 0.668. The van der Waals surface area contributed by atoms with E-state index >= 15 is 0 Å². The number of carbonyl (C=O) groups is 1. The molecule has 1 aromatic carbocycles. The molecule has 6 nitrogen and oxygen atoms in total. The van der Waals surface area contributed by atoms with Crippen LogP contribution in [0, 0.1) is 5.92 Å². The van der Waals surface area contributed by atoms with E-state index in [2.05, 4.69) is 4.90 Å². The van der Waals surface area contributed by atoms with Crippen LogP contribution in [0.4, 0.5) is 0 Å². The molecule has 26 heavy (non-hydrogen) atoms. The molecule has 0 aliphatic carbocycles. The van der Waals surface area contributed by atoms with E-state index in [4.69, 9.17) is 20.5 Å². The molecule has 4 atom stereocenters. The van der Waals surface area contributed by atoms with Gasteiger partial charge in [0.15, 0.2) is 0 Å². The smallest absolute Gasteiger partial charge is 0.310 e. The number of hydrogen-bond acceptors (Lipinski definition) is 6. The van der Waals surface area contributed by atoms with E-state index in [1.165, 1.54) is 7.11 Å². The average Bonchev–Trinajstić information content (AvgIpc) is 2.85. The third kappa shape index (κ3) is 4.22. The Labute approximate surface area is 159 Å². The Kier molecular flexibility index (Phi) is 5.91. The molecule has 2 aliphatic rings. The van der Waals surface area contributed by atoms with Crippen LogP contribution in [-0.4, -0.2) is 57.9 Å². The van der Waals surface area contributed by atoms with Crippen molar-refractivity contribution in [2.75, 3.05) is 26.5 Å². The summed E-state index contributed by atoms with van der Waals surface area (Å²) >= 11 is 6.00. The maximum absolute atomic E-state index is 12.6. The Balaban J connectivity index is 1.81. The molecule has 3 rings (SSSR count). The van der Waals surface area contributed by atoms with Crippen molar-refractivity contribution in [3.8, 4) is 0 Å². The molecule has 8 heteroatoms. The first-order valence-corrected chi connectivity index (χ1v) is 10.9. The Morgan fingerprint density at radius 3 is 2.58 bits per heavy atom. The van der Waals surface area contributed by atoms with Gasteiger partial charge in [0, 0.05) is 29.6 Å². The Morgan fingerprint density at radius 1 is 1.27 bits per heavy atom. The second-order valence-corrected chi connectivity index (χ2v) is 9.09. The molecule has 0 spiro atoms. The highest BCUT2D eigenvalue weighted by molar-refractivity contribution is 7.85. The number of methoxy groups -OCH3 is 1. The lowest BCUT2D eigenvalue weighted by atomic mass is 9.76. The van der Waals surface area contributed by atoms with Gasteiger partial charge in [0.1, 0.15) is 0 Å². The average molecular weight is 402 g/mol. The van der Waals surface area contributed by atoms with Gasteiger partial charge in [-0.3, -0.25) is 13.9 Å². The molecule has 2 aliphatic heterocycles. The number of benzene rings is 1. The van der Waals surface area contributed by atoms with Crippen LogP contribution in [0.2, 0.25) is 5.02 Å². The summed E-state index contributed by atoms with van der Waals surface area (Å²) in [6.45, 7) is 0.592. The fourth-order valence-electron chi connectivity index (χ4n) is 4.47. The quantitative estimate of drug-likeness (QED) is 0.538. The zero-order valence-electron chi connectivity index (χ0n) is 14.9. The van der Waals surface area contributed by atoms with E-state index in [0.29, 0.717) is 17.6 Å². The van der Waals surface area contributed by atoms with Crippen LogP contribution in [0.1, 0.15) is 30.7 Å². The van der Waals surface area contributed by atoms with Crippen LogP contribution in [0.25, 0.3) is 0 Å². The van der Waals surface area contributed by atoms with Gasteiger partial charge < -0.3 is 4.74 Å². The maximum atomic E-state index is 12.6. The zero-order valence-corrected chi connectivity index (χ0v) is 16.5. The first-order valence-electron chi connectivity index (χ1n) is 8.73. The van der Waals surface area contributed by atoms with Crippen LogP contribution in [0.5, 0.6) is 0 Å². The monoisotopic (exact) mass is 401 g/mol. The van der Waals surface area contributed by atoms with Gasteiger partial charge in [-0.25, -0.2) is 0 Å². The van der Waals surface area contributed by atoms with Crippen LogP contribution >= 0.6 is 11.6 Å². The Morgan fingerprint density at radius 2 is 1.96 bits per heavy atom. The molecule has 2 saturated heterocycles. The molecule has 2 fully saturated rings. The first kappa shape index (κ1) is 19.6. The highest BCUT2D eigenvalue weighted by Gasteiger charge is 2.50. The van der Waals surface area contributed by atoms with E-state index < -0.39 is 10.1 Å². The number of carbonyl (C=O) groups excluding carboxylic acids is 1. The number of hydrogen-bond donors (Lipinski definition) is 0. The lowest BCUT2D eigenvalue weighted by Gasteiger charge is -2.43. The predicted octanol–water partition coefficient (Wildman–Crippen LogP) is 2.43. The SMILES string of the molecule is COC(=O)C1C(c2ccc(Cl)cc2)CC2CCC1N2CCOS(C)(=O)=O.